The molecule has 1 aliphatic heterocycles. The molecule has 0 radical (unpaired) electrons. The van der Waals surface area contributed by atoms with Crippen LogP contribution in [0.2, 0.25) is 0 Å². The van der Waals surface area contributed by atoms with Crippen molar-refractivity contribution in [3.05, 3.63) is 35.9 Å². The molecule has 0 N–H and O–H groups in total. The van der Waals surface area contributed by atoms with Crippen molar-refractivity contribution in [1.82, 2.24) is 5.06 Å². The first-order valence-corrected chi connectivity index (χ1v) is 5.30. The first-order valence-electron chi connectivity index (χ1n) is 5.30. The van der Waals surface area contributed by atoms with Gasteiger partial charge in [-0.25, -0.2) is 0 Å². The maximum Gasteiger partial charge on any atom is 0.279 e. The number of benzene rings is 1. The monoisotopic (exact) mass is 221 g/mol. The predicted octanol–water partition coefficient (Wildman–Crippen LogP) is 1.83. The van der Waals surface area contributed by atoms with Crippen LogP contribution in [0.3, 0.4) is 0 Å². The molecule has 1 amide bonds. The van der Waals surface area contributed by atoms with E-state index in [1.165, 1.54) is 5.06 Å². The van der Waals surface area contributed by atoms with E-state index in [9.17, 15) is 4.79 Å². The van der Waals surface area contributed by atoms with Crippen molar-refractivity contribution in [3.8, 4) is 0 Å². The molecule has 1 saturated heterocycles. The van der Waals surface area contributed by atoms with Gasteiger partial charge in [-0.1, -0.05) is 18.2 Å². The van der Waals surface area contributed by atoms with Crippen LogP contribution in [0.25, 0.3) is 0 Å². The third kappa shape index (κ3) is 2.08. The summed E-state index contributed by atoms with van der Waals surface area (Å²) in [6.07, 6.45) is 0.426. The molecule has 1 aliphatic rings. The lowest BCUT2D eigenvalue weighted by molar-refractivity contribution is -0.167. The van der Waals surface area contributed by atoms with Crippen LogP contribution in [-0.4, -0.2) is 30.4 Å². The van der Waals surface area contributed by atoms with Gasteiger partial charge in [0, 0.05) is 19.1 Å². The summed E-state index contributed by atoms with van der Waals surface area (Å²) in [5.74, 6) is -0.156. The van der Waals surface area contributed by atoms with Crippen molar-refractivity contribution in [2.75, 3.05) is 7.11 Å². The van der Waals surface area contributed by atoms with Crippen LogP contribution >= 0.6 is 0 Å². The number of amides is 1. The lowest BCUT2D eigenvalue weighted by Crippen LogP contribution is -2.35. The Morgan fingerprint density at radius 3 is 2.75 bits per heavy atom. The number of methoxy groups -OCH3 is 1. The van der Waals surface area contributed by atoms with Crippen LogP contribution in [0.1, 0.15) is 23.7 Å². The Morgan fingerprint density at radius 2 is 2.12 bits per heavy atom. The van der Waals surface area contributed by atoms with E-state index in [0.717, 1.165) is 0 Å². The minimum absolute atomic E-state index is 0.0117. The van der Waals surface area contributed by atoms with Crippen molar-refractivity contribution in [2.24, 2.45) is 0 Å². The maximum atomic E-state index is 12.1. The topological polar surface area (TPSA) is 38.8 Å². The third-order valence-electron chi connectivity index (χ3n) is 2.58. The van der Waals surface area contributed by atoms with Gasteiger partial charge in [0.05, 0.1) is 6.10 Å². The molecule has 2 unspecified atom stereocenters. The summed E-state index contributed by atoms with van der Waals surface area (Å²) in [6.45, 7) is 1.92. The van der Waals surface area contributed by atoms with Gasteiger partial charge in [-0.15, -0.1) is 0 Å². The average Bonchev–Trinajstić information content (AvgIpc) is 2.70. The van der Waals surface area contributed by atoms with E-state index in [0.29, 0.717) is 12.0 Å². The number of carbonyl (C=O) groups excluding carboxylic acids is 1. The maximum absolute atomic E-state index is 12.1. The number of ether oxygens (including phenoxy) is 1. The van der Waals surface area contributed by atoms with Crippen LogP contribution in [0, 0.1) is 0 Å². The number of hydroxylamine groups is 2. The molecule has 0 saturated carbocycles. The van der Waals surface area contributed by atoms with Crippen molar-refractivity contribution < 1.29 is 14.4 Å². The van der Waals surface area contributed by atoms with E-state index in [4.69, 9.17) is 9.57 Å². The van der Waals surface area contributed by atoms with Crippen LogP contribution in [0.5, 0.6) is 0 Å². The quantitative estimate of drug-likeness (QED) is 0.764. The molecule has 16 heavy (non-hydrogen) atoms. The molecule has 86 valence electrons. The summed E-state index contributed by atoms with van der Waals surface area (Å²) in [5.41, 5.74) is 0.610. The summed E-state index contributed by atoms with van der Waals surface area (Å²) in [6, 6.07) is 9.06. The van der Waals surface area contributed by atoms with Gasteiger partial charge in [0.15, 0.2) is 6.23 Å². The number of hydrogen-bond donors (Lipinski definition) is 0. The largest absolute Gasteiger partial charge is 0.359 e. The van der Waals surface area contributed by atoms with Crippen molar-refractivity contribution in [2.45, 2.75) is 25.7 Å². The van der Waals surface area contributed by atoms with E-state index >= 15 is 0 Å². The summed E-state index contributed by atoms with van der Waals surface area (Å²) < 4.78 is 5.22. The minimum Gasteiger partial charge on any atom is -0.359 e. The summed E-state index contributed by atoms with van der Waals surface area (Å²) in [5, 5.41) is 1.32. The van der Waals surface area contributed by atoms with Gasteiger partial charge in [-0.3, -0.25) is 9.63 Å². The first-order chi connectivity index (χ1) is 7.72. The fourth-order valence-corrected chi connectivity index (χ4v) is 1.76. The number of nitrogens with zero attached hydrogens (tertiary/aromatic N) is 1. The van der Waals surface area contributed by atoms with Crippen molar-refractivity contribution >= 4 is 5.91 Å². The van der Waals surface area contributed by atoms with Crippen LogP contribution in [-0.2, 0) is 9.57 Å². The molecule has 2 rings (SSSR count). The molecular weight excluding hydrogens is 206 g/mol. The van der Waals surface area contributed by atoms with Gasteiger partial charge in [0.1, 0.15) is 0 Å². The highest BCUT2D eigenvalue weighted by molar-refractivity contribution is 5.93. The molecule has 2 atom stereocenters. The molecule has 4 nitrogen and oxygen atoms in total. The van der Waals surface area contributed by atoms with Gasteiger partial charge in [0.2, 0.25) is 0 Å². The Morgan fingerprint density at radius 1 is 1.44 bits per heavy atom. The molecular formula is C12H15NO3. The number of carbonyl (C=O) groups is 1. The highest BCUT2D eigenvalue weighted by atomic mass is 16.7. The minimum atomic E-state index is -0.289. The Balaban J connectivity index is 2.16. The molecule has 1 heterocycles. The Bertz CT molecular complexity index is 366. The first kappa shape index (κ1) is 11.1. The van der Waals surface area contributed by atoms with Gasteiger partial charge in [-0.05, 0) is 19.1 Å². The van der Waals surface area contributed by atoms with Gasteiger partial charge >= 0.3 is 0 Å². The lowest BCUT2D eigenvalue weighted by atomic mass is 10.2. The van der Waals surface area contributed by atoms with Crippen LogP contribution in [0.4, 0.5) is 0 Å². The number of hydrogen-bond acceptors (Lipinski definition) is 3. The summed E-state index contributed by atoms with van der Waals surface area (Å²) in [4.78, 5) is 17.5. The molecule has 0 spiro atoms. The van der Waals surface area contributed by atoms with E-state index in [1.54, 1.807) is 19.2 Å². The molecule has 0 bridgehead atoms. The fraction of sp³-hybridized carbons (Fsp3) is 0.417. The van der Waals surface area contributed by atoms with Crippen LogP contribution in [0.15, 0.2) is 30.3 Å². The standard InChI is InChI=1S/C12H15NO3/c1-9-8-11(15-2)13(16-9)12(14)10-6-4-3-5-7-10/h3-7,9,11H,8H2,1-2H3. The highest BCUT2D eigenvalue weighted by Crippen LogP contribution is 2.23. The molecule has 1 fully saturated rings. The fourth-order valence-electron chi connectivity index (χ4n) is 1.76. The van der Waals surface area contributed by atoms with E-state index < -0.39 is 0 Å². The Labute approximate surface area is 94.7 Å². The second kappa shape index (κ2) is 4.63. The number of rotatable bonds is 2. The second-order valence-corrected chi connectivity index (χ2v) is 3.84. The zero-order chi connectivity index (χ0) is 11.5. The van der Waals surface area contributed by atoms with E-state index in [1.807, 2.05) is 25.1 Å². The SMILES string of the molecule is COC1CC(C)ON1C(=O)c1ccccc1. The molecule has 0 aromatic heterocycles. The average molecular weight is 221 g/mol. The van der Waals surface area contributed by atoms with Crippen molar-refractivity contribution in [3.63, 3.8) is 0 Å². The normalized spacial score (nSPS) is 24.8. The molecule has 0 aliphatic carbocycles. The van der Waals surface area contributed by atoms with E-state index in [-0.39, 0.29) is 18.2 Å². The summed E-state index contributed by atoms with van der Waals surface area (Å²) in [7, 11) is 1.58. The second-order valence-electron chi connectivity index (χ2n) is 3.84. The predicted molar refractivity (Wildman–Crippen MR) is 58.6 cm³/mol. The van der Waals surface area contributed by atoms with Gasteiger partial charge in [-0.2, -0.15) is 5.06 Å². The molecule has 1 aromatic rings. The van der Waals surface area contributed by atoms with Crippen molar-refractivity contribution in [1.29, 1.82) is 0 Å². The summed E-state index contributed by atoms with van der Waals surface area (Å²) >= 11 is 0. The van der Waals surface area contributed by atoms with Crippen LogP contribution < -0.4 is 0 Å². The van der Waals surface area contributed by atoms with Gasteiger partial charge in [0.25, 0.3) is 5.91 Å². The lowest BCUT2D eigenvalue weighted by Gasteiger charge is -2.21. The van der Waals surface area contributed by atoms with E-state index in [2.05, 4.69) is 0 Å². The molecule has 1 aromatic carbocycles. The highest BCUT2D eigenvalue weighted by Gasteiger charge is 2.35. The zero-order valence-corrected chi connectivity index (χ0v) is 9.42. The Kier molecular flexibility index (Phi) is 3.22. The molecule has 4 heteroatoms. The smallest absolute Gasteiger partial charge is 0.279 e. The van der Waals surface area contributed by atoms with Gasteiger partial charge < -0.3 is 4.74 Å². The zero-order valence-electron chi connectivity index (χ0n) is 9.42. The third-order valence-corrected chi connectivity index (χ3v) is 2.58. The Hall–Kier alpha value is -1.39.